The molecular formula is C16H15N5O4. The molecule has 1 aliphatic carbocycles. The Morgan fingerprint density at radius 1 is 1.36 bits per heavy atom. The second-order valence-electron chi connectivity index (χ2n) is 6.03. The second kappa shape index (κ2) is 6.08. The fraction of sp³-hybridized carbons (Fsp3) is 0.375. The van der Waals surface area contributed by atoms with Gasteiger partial charge in [-0.15, -0.1) is 0 Å². The number of carbonyl (C=O) groups excluding carboxylic acids is 3. The Morgan fingerprint density at radius 3 is 3.00 bits per heavy atom. The zero-order chi connectivity index (χ0) is 17.4. The molecule has 0 bridgehead atoms. The van der Waals surface area contributed by atoms with Gasteiger partial charge < -0.3 is 9.84 Å². The minimum Gasteiger partial charge on any atom is -0.360 e. The lowest BCUT2D eigenvalue weighted by Gasteiger charge is -2.27. The van der Waals surface area contributed by atoms with Gasteiger partial charge in [-0.2, -0.15) is 4.99 Å². The zero-order valence-corrected chi connectivity index (χ0v) is 13.2. The molecule has 3 heterocycles. The molecule has 4 amide bonds. The van der Waals surface area contributed by atoms with E-state index in [9.17, 15) is 14.4 Å². The van der Waals surface area contributed by atoms with Crippen molar-refractivity contribution in [3.8, 4) is 0 Å². The van der Waals surface area contributed by atoms with Gasteiger partial charge in [-0.1, -0.05) is 11.2 Å². The van der Waals surface area contributed by atoms with Crippen LogP contribution in [0.5, 0.6) is 0 Å². The fourth-order valence-electron chi connectivity index (χ4n) is 2.69. The topological polar surface area (TPSA) is 117 Å². The van der Waals surface area contributed by atoms with E-state index in [4.69, 9.17) is 4.52 Å². The Bertz CT molecular complexity index is 833. The summed E-state index contributed by atoms with van der Waals surface area (Å²) in [5.41, 5.74) is 0.197. The van der Waals surface area contributed by atoms with Crippen molar-refractivity contribution in [2.75, 3.05) is 13.1 Å². The molecule has 0 aromatic carbocycles. The van der Waals surface area contributed by atoms with Gasteiger partial charge >= 0.3 is 6.03 Å². The van der Waals surface area contributed by atoms with Gasteiger partial charge in [-0.05, 0) is 18.9 Å². The third-order valence-corrected chi connectivity index (χ3v) is 4.21. The lowest BCUT2D eigenvalue weighted by molar-refractivity contribution is -0.129. The molecule has 0 saturated heterocycles. The standard InChI is InChI=1S/C16H15N5O4/c22-14(11-8-12(25-20-11)9-3-4-9)18-6-7-21-15(23)10-2-1-5-17-13(10)19-16(21)24/h1-2,5,8-10H,3-4,6-7H2,(H,18,22). The van der Waals surface area contributed by atoms with Crippen LogP contribution in [0.3, 0.4) is 0 Å². The first-order valence-corrected chi connectivity index (χ1v) is 8.03. The van der Waals surface area contributed by atoms with Gasteiger partial charge in [0.05, 0.1) is 0 Å². The quantitative estimate of drug-likeness (QED) is 0.854. The van der Waals surface area contributed by atoms with Crippen molar-refractivity contribution in [3.05, 3.63) is 29.7 Å². The van der Waals surface area contributed by atoms with Gasteiger partial charge in [0, 0.05) is 31.3 Å². The number of carbonyl (C=O) groups is 3. The van der Waals surface area contributed by atoms with Crippen molar-refractivity contribution in [2.24, 2.45) is 15.9 Å². The average Bonchev–Trinajstić information content (AvgIpc) is 3.34. The number of amidine groups is 1. The monoisotopic (exact) mass is 341 g/mol. The molecule has 1 fully saturated rings. The summed E-state index contributed by atoms with van der Waals surface area (Å²) in [5.74, 6) is -0.148. The molecule has 4 rings (SSSR count). The summed E-state index contributed by atoms with van der Waals surface area (Å²) in [6.45, 7) is 0.133. The van der Waals surface area contributed by atoms with Crippen LogP contribution in [0.2, 0.25) is 0 Å². The Labute approximate surface area is 142 Å². The second-order valence-corrected chi connectivity index (χ2v) is 6.03. The lowest BCUT2D eigenvalue weighted by atomic mass is 10.0. The lowest BCUT2D eigenvalue weighted by Crippen LogP contribution is -2.48. The molecule has 128 valence electrons. The Kier molecular flexibility index (Phi) is 3.75. The van der Waals surface area contributed by atoms with Gasteiger partial charge in [-0.25, -0.2) is 9.79 Å². The van der Waals surface area contributed by atoms with Gasteiger partial charge in [0.1, 0.15) is 17.5 Å². The van der Waals surface area contributed by atoms with E-state index < -0.39 is 23.8 Å². The van der Waals surface area contributed by atoms with E-state index in [1.54, 1.807) is 18.2 Å². The highest BCUT2D eigenvalue weighted by atomic mass is 16.5. The molecule has 0 spiro atoms. The van der Waals surface area contributed by atoms with Crippen molar-refractivity contribution >= 4 is 29.9 Å². The van der Waals surface area contributed by atoms with Gasteiger partial charge in [0.15, 0.2) is 5.69 Å². The molecule has 2 aliphatic heterocycles. The highest BCUT2D eigenvalue weighted by Crippen LogP contribution is 2.40. The molecule has 1 N–H and O–H groups in total. The SMILES string of the molecule is O=C(NCCN1C(=O)N=C2N=CC=CC2C1=O)c1cc(C2CC2)on1. The van der Waals surface area contributed by atoms with Crippen LogP contribution in [0.4, 0.5) is 4.79 Å². The summed E-state index contributed by atoms with van der Waals surface area (Å²) < 4.78 is 5.13. The number of hydrogen-bond donors (Lipinski definition) is 1. The van der Waals surface area contributed by atoms with E-state index >= 15 is 0 Å². The van der Waals surface area contributed by atoms with E-state index in [0.29, 0.717) is 5.92 Å². The van der Waals surface area contributed by atoms with E-state index in [1.807, 2.05) is 0 Å². The normalized spacial score (nSPS) is 22.0. The number of aliphatic imine (C=N–C) groups is 2. The van der Waals surface area contributed by atoms with Crippen molar-refractivity contribution < 1.29 is 18.9 Å². The van der Waals surface area contributed by atoms with Crippen LogP contribution in [0.25, 0.3) is 0 Å². The third-order valence-electron chi connectivity index (χ3n) is 4.21. The molecular weight excluding hydrogens is 326 g/mol. The number of hydrogen-bond acceptors (Lipinski definition) is 6. The number of urea groups is 1. The summed E-state index contributed by atoms with van der Waals surface area (Å²) in [7, 11) is 0. The first-order valence-electron chi connectivity index (χ1n) is 8.03. The highest BCUT2D eigenvalue weighted by molar-refractivity contribution is 6.19. The van der Waals surface area contributed by atoms with E-state index in [0.717, 1.165) is 23.5 Å². The minimum atomic E-state index is -0.671. The average molecular weight is 341 g/mol. The van der Waals surface area contributed by atoms with E-state index in [-0.39, 0.29) is 24.6 Å². The summed E-state index contributed by atoms with van der Waals surface area (Å²) >= 11 is 0. The predicted octanol–water partition coefficient (Wildman–Crippen LogP) is 0.899. The maximum absolute atomic E-state index is 12.4. The smallest absolute Gasteiger partial charge is 0.352 e. The molecule has 1 unspecified atom stereocenters. The van der Waals surface area contributed by atoms with Gasteiger partial charge in [0.25, 0.3) is 5.91 Å². The summed E-state index contributed by atoms with van der Waals surface area (Å²) in [5, 5.41) is 6.37. The van der Waals surface area contributed by atoms with Crippen LogP contribution >= 0.6 is 0 Å². The number of nitrogens with one attached hydrogen (secondary N) is 1. The van der Waals surface area contributed by atoms with Crippen molar-refractivity contribution in [1.29, 1.82) is 0 Å². The summed E-state index contributed by atoms with van der Waals surface area (Å²) in [6.07, 6.45) is 6.87. The number of allylic oxidation sites excluding steroid dienone is 1. The van der Waals surface area contributed by atoms with Gasteiger partial charge in [-0.3, -0.25) is 14.5 Å². The number of dihydropyridines is 1. The number of imide groups is 1. The fourth-order valence-corrected chi connectivity index (χ4v) is 2.69. The van der Waals surface area contributed by atoms with Crippen molar-refractivity contribution in [2.45, 2.75) is 18.8 Å². The number of nitrogens with zero attached hydrogens (tertiary/aromatic N) is 4. The molecule has 3 aliphatic rings. The van der Waals surface area contributed by atoms with Crippen LogP contribution in [-0.4, -0.2) is 53.0 Å². The number of rotatable bonds is 5. The molecule has 1 saturated carbocycles. The Morgan fingerprint density at radius 2 is 2.20 bits per heavy atom. The van der Waals surface area contributed by atoms with Crippen molar-refractivity contribution in [1.82, 2.24) is 15.4 Å². The maximum atomic E-state index is 12.4. The summed E-state index contributed by atoms with van der Waals surface area (Å²) in [6, 6.07) is 0.960. The molecule has 1 atom stereocenters. The van der Waals surface area contributed by atoms with Crippen molar-refractivity contribution in [3.63, 3.8) is 0 Å². The van der Waals surface area contributed by atoms with Gasteiger partial charge in [0.2, 0.25) is 5.91 Å². The number of fused-ring (bicyclic) bond motifs is 1. The van der Waals surface area contributed by atoms with Crippen LogP contribution in [-0.2, 0) is 4.79 Å². The maximum Gasteiger partial charge on any atom is 0.352 e. The predicted molar refractivity (Wildman–Crippen MR) is 86.5 cm³/mol. The first kappa shape index (κ1) is 15.4. The summed E-state index contributed by atoms with van der Waals surface area (Å²) in [4.78, 5) is 45.1. The molecule has 0 radical (unpaired) electrons. The molecule has 1 aromatic rings. The van der Waals surface area contributed by atoms with E-state index in [2.05, 4.69) is 20.5 Å². The van der Waals surface area contributed by atoms with Crippen LogP contribution in [0, 0.1) is 5.92 Å². The number of amides is 4. The highest BCUT2D eigenvalue weighted by Gasteiger charge is 2.36. The van der Waals surface area contributed by atoms with Crippen LogP contribution in [0.1, 0.15) is 35.0 Å². The van der Waals surface area contributed by atoms with E-state index in [1.165, 1.54) is 6.21 Å². The molecule has 9 nitrogen and oxygen atoms in total. The Balaban J connectivity index is 1.34. The third kappa shape index (κ3) is 3.00. The molecule has 1 aromatic heterocycles. The first-order chi connectivity index (χ1) is 12.1. The van der Waals surface area contributed by atoms with Crippen LogP contribution in [0.15, 0.2) is 32.7 Å². The molecule has 25 heavy (non-hydrogen) atoms. The number of aromatic nitrogens is 1. The minimum absolute atomic E-state index is 0.0293. The Hall–Kier alpha value is -3.10. The largest absolute Gasteiger partial charge is 0.360 e. The molecule has 9 heteroatoms. The van der Waals surface area contributed by atoms with Crippen LogP contribution < -0.4 is 5.32 Å². The zero-order valence-electron chi connectivity index (χ0n) is 13.2.